The number of hydrogen-bond donors (Lipinski definition) is 1. The van der Waals surface area contributed by atoms with Crippen LogP contribution in [0.15, 0.2) is 52.3 Å². The molecule has 0 aliphatic heterocycles. The van der Waals surface area contributed by atoms with E-state index in [0.717, 1.165) is 17.1 Å². The average molecular weight is 278 g/mol. The lowest BCUT2D eigenvalue weighted by Crippen LogP contribution is -2.06. The summed E-state index contributed by atoms with van der Waals surface area (Å²) in [6.45, 7) is 2.89. The molecule has 0 aliphatic carbocycles. The lowest BCUT2D eigenvalue weighted by atomic mass is 10.2. The minimum absolute atomic E-state index is 0.786. The van der Waals surface area contributed by atoms with Crippen LogP contribution in [-0.4, -0.2) is 7.05 Å². The Bertz CT molecular complexity index is 540. The molecule has 0 atom stereocenters. The van der Waals surface area contributed by atoms with Crippen molar-refractivity contribution in [2.45, 2.75) is 23.3 Å². The highest BCUT2D eigenvalue weighted by atomic mass is 35.5. The molecule has 0 fully saturated rings. The van der Waals surface area contributed by atoms with E-state index >= 15 is 0 Å². The maximum absolute atomic E-state index is 6.25. The zero-order valence-corrected chi connectivity index (χ0v) is 12.1. The summed E-state index contributed by atoms with van der Waals surface area (Å²) < 4.78 is 0. The van der Waals surface area contributed by atoms with Crippen LogP contribution in [0.1, 0.15) is 11.1 Å². The van der Waals surface area contributed by atoms with Crippen molar-refractivity contribution in [3.05, 3.63) is 58.6 Å². The molecule has 2 rings (SSSR count). The summed E-state index contributed by atoms with van der Waals surface area (Å²) in [4.78, 5) is 2.46. The van der Waals surface area contributed by atoms with Crippen molar-refractivity contribution >= 4 is 23.4 Å². The van der Waals surface area contributed by atoms with Crippen LogP contribution < -0.4 is 5.32 Å². The van der Waals surface area contributed by atoms with Gasteiger partial charge in [0.15, 0.2) is 0 Å². The molecule has 94 valence electrons. The van der Waals surface area contributed by atoms with Gasteiger partial charge in [0.05, 0.1) is 0 Å². The van der Waals surface area contributed by atoms with Gasteiger partial charge in [-0.05, 0) is 43.8 Å². The molecule has 0 bridgehead atoms. The first-order valence-electron chi connectivity index (χ1n) is 5.87. The topological polar surface area (TPSA) is 12.0 Å². The molecule has 0 heterocycles. The molecular weight excluding hydrogens is 262 g/mol. The molecule has 1 N–H and O–H groups in total. The smallest absolute Gasteiger partial charge is 0.0462 e. The Morgan fingerprint density at radius 2 is 1.94 bits per heavy atom. The molecule has 2 aromatic carbocycles. The normalized spacial score (nSPS) is 10.6. The molecule has 0 unspecified atom stereocenters. The van der Waals surface area contributed by atoms with Gasteiger partial charge in [0.1, 0.15) is 0 Å². The van der Waals surface area contributed by atoms with Crippen molar-refractivity contribution < 1.29 is 0 Å². The summed E-state index contributed by atoms with van der Waals surface area (Å²) in [5.74, 6) is 0. The van der Waals surface area contributed by atoms with Crippen LogP contribution in [0.4, 0.5) is 0 Å². The fourth-order valence-electron chi connectivity index (χ4n) is 1.79. The Morgan fingerprint density at radius 1 is 1.17 bits per heavy atom. The van der Waals surface area contributed by atoms with Crippen molar-refractivity contribution in [2.75, 3.05) is 7.05 Å². The number of nitrogens with one attached hydrogen (secondary N) is 1. The second-order valence-corrected chi connectivity index (χ2v) is 5.69. The zero-order chi connectivity index (χ0) is 13.0. The van der Waals surface area contributed by atoms with E-state index in [-0.39, 0.29) is 0 Å². The molecule has 0 aromatic heterocycles. The second-order valence-electron chi connectivity index (χ2n) is 4.17. The molecular formula is C15H16ClNS. The fourth-order valence-corrected chi connectivity index (χ4v) is 3.18. The number of hydrogen-bond acceptors (Lipinski definition) is 2. The lowest BCUT2D eigenvalue weighted by molar-refractivity contribution is 0.803. The third kappa shape index (κ3) is 3.29. The van der Waals surface area contributed by atoms with E-state index in [4.69, 9.17) is 11.6 Å². The quantitative estimate of drug-likeness (QED) is 0.882. The third-order valence-electron chi connectivity index (χ3n) is 2.65. The predicted octanol–water partition coefficient (Wildman–Crippen LogP) is 4.52. The van der Waals surface area contributed by atoms with Crippen LogP contribution >= 0.6 is 23.4 Å². The number of aryl methyl sites for hydroxylation is 1. The molecule has 0 saturated heterocycles. The minimum atomic E-state index is 0.786. The number of benzene rings is 2. The lowest BCUT2D eigenvalue weighted by Gasteiger charge is -2.11. The fraction of sp³-hybridized carbons (Fsp3) is 0.200. The van der Waals surface area contributed by atoms with Gasteiger partial charge in [0, 0.05) is 21.4 Å². The standard InChI is InChI=1S/C15H16ClNS/c1-11-5-3-6-12(9-11)18-15-8-4-7-14(16)13(15)10-17-2/h3-9,17H,10H2,1-2H3. The van der Waals surface area contributed by atoms with Crippen molar-refractivity contribution in [1.82, 2.24) is 5.32 Å². The molecule has 0 saturated carbocycles. The maximum atomic E-state index is 6.25. The molecule has 2 aromatic rings. The molecule has 0 amide bonds. The molecule has 18 heavy (non-hydrogen) atoms. The van der Waals surface area contributed by atoms with Crippen LogP contribution in [0, 0.1) is 6.92 Å². The molecule has 1 nitrogen and oxygen atoms in total. The third-order valence-corrected chi connectivity index (χ3v) is 4.09. The van der Waals surface area contributed by atoms with Gasteiger partial charge in [-0.2, -0.15) is 0 Å². The first kappa shape index (κ1) is 13.5. The predicted molar refractivity (Wildman–Crippen MR) is 79.5 cm³/mol. The summed E-state index contributed by atoms with van der Waals surface area (Å²) in [6, 6.07) is 14.6. The maximum Gasteiger partial charge on any atom is 0.0462 e. The highest BCUT2D eigenvalue weighted by Crippen LogP contribution is 2.34. The summed E-state index contributed by atoms with van der Waals surface area (Å²) in [6.07, 6.45) is 0. The van der Waals surface area contributed by atoms with Gasteiger partial charge in [-0.15, -0.1) is 0 Å². The van der Waals surface area contributed by atoms with Crippen molar-refractivity contribution in [3.8, 4) is 0 Å². The van der Waals surface area contributed by atoms with Gasteiger partial charge < -0.3 is 5.32 Å². The van der Waals surface area contributed by atoms with E-state index < -0.39 is 0 Å². The van der Waals surface area contributed by atoms with Crippen LogP contribution in [0.2, 0.25) is 5.02 Å². The highest BCUT2D eigenvalue weighted by Gasteiger charge is 2.07. The van der Waals surface area contributed by atoms with E-state index in [9.17, 15) is 0 Å². The summed E-state index contributed by atoms with van der Waals surface area (Å²) in [5, 5.41) is 3.99. The van der Waals surface area contributed by atoms with E-state index in [2.05, 4.69) is 42.6 Å². The Labute approximate surface area is 118 Å². The van der Waals surface area contributed by atoms with E-state index in [0.29, 0.717) is 0 Å². The van der Waals surface area contributed by atoms with Crippen LogP contribution in [0.25, 0.3) is 0 Å². The van der Waals surface area contributed by atoms with E-state index in [1.165, 1.54) is 15.4 Å². The molecule has 0 radical (unpaired) electrons. The number of halogens is 1. The minimum Gasteiger partial charge on any atom is -0.316 e. The molecule has 3 heteroatoms. The van der Waals surface area contributed by atoms with Crippen LogP contribution in [-0.2, 0) is 6.54 Å². The SMILES string of the molecule is CNCc1c(Cl)cccc1Sc1cccc(C)c1. The van der Waals surface area contributed by atoms with Gasteiger partial charge in [0.25, 0.3) is 0 Å². The van der Waals surface area contributed by atoms with E-state index in [1.54, 1.807) is 11.8 Å². The Hall–Kier alpha value is -0.960. The Balaban J connectivity index is 2.31. The van der Waals surface area contributed by atoms with Gasteiger partial charge >= 0.3 is 0 Å². The van der Waals surface area contributed by atoms with Gasteiger partial charge in [-0.25, -0.2) is 0 Å². The van der Waals surface area contributed by atoms with Gasteiger partial charge in [0.2, 0.25) is 0 Å². The summed E-state index contributed by atoms with van der Waals surface area (Å²) in [7, 11) is 1.93. The van der Waals surface area contributed by atoms with Crippen LogP contribution in [0.3, 0.4) is 0 Å². The van der Waals surface area contributed by atoms with Crippen molar-refractivity contribution in [2.24, 2.45) is 0 Å². The van der Waals surface area contributed by atoms with Crippen LogP contribution in [0.5, 0.6) is 0 Å². The summed E-state index contributed by atoms with van der Waals surface area (Å²) >= 11 is 8.01. The highest BCUT2D eigenvalue weighted by molar-refractivity contribution is 7.99. The van der Waals surface area contributed by atoms with E-state index in [1.807, 2.05) is 19.2 Å². The Morgan fingerprint density at radius 3 is 2.67 bits per heavy atom. The molecule has 0 spiro atoms. The Kier molecular flexibility index (Phi) is 4.70. The van der Waals surface area contributed by atoms with Crippen molar-refractivity contribution in [1.29, 1.82) is 0 Å². The van der Waals surface area contributed by atoms with Gasteiger partial charge in [-0.1, -0.05) is 47.1 Å². The zero-order valence-electron chi connectivity index (χ0n) is 10.5. The first-order valence-corrected chi connectivity index (χ1v) is 7.06. The number of rotatable bonds is 4. The molecule has 0 aliphatic rings. The monoisotopic (exact) mass is 277 g/mol. The van der Waals surface area contributed by atoms with Crippen molar-refractivity contribution in [3.63, 3.8) is 0 Å². The average Bonchev–Trinajstić information content (AvgIpc) is 2.34. The largest absolute Gasteiger partial charge is 0.316 e. The first-order chi connectivity index (χ1) is 8.70. The van der Waals surface area contributed by atoms with Gasteiger partial charge in [-0.3, -0.25) is 0 Å². The summed E-state index contributed by atoms with van der Waals surface area (Å²) in [5.41, 5.74) is 2.44. The second kappa shape index (κ2) is 6.28.